The fraction of sp³-hybridized carbons (Fsp3) is 0.351. The van der Waals surface area contributed by atoms with Gasteiger partial charge in [-0.05, 0) is 102 Å². The molecule has 4 aromatic rings. The molecule has 39 heavy (non-hydrogen) atoms. The maximum atomic E-state index is 6.04. The Balaban J connectivity index is 1.59. The van der Waals surface area contributed by atoms with Crippen molar-refractivity contribution in [2.75, 3.05) is 11.5 Å². The van der Waals surface area contributed by atoms with Gasteiger partial charge >= 0.3 is 0 Å². The first-order valence-electron chi connectivity index (χ1n) is 14.8. The van der Waals surface area contributed by atoms with E-state index in [1.165, 1.54) is 44.5 Å². The minimum atomic E-state index is 0.388. The summed E-state index contributed by atoms with van der Waals surface area (Å²) >= 11 is 0. The largest absolute Gasteiger partial charge is 0.399 e. The van der Waals surface area contributed by atoms with Gasteiger partial charge in [0, 0.05) is 29.1 Å². The second kappa shape index (κ2) is 13.0. The highest BCUT2D eigenvalue weighted by Crippen LogP contribution is 2.36. The molecule has 2 unspecified atom stereocenters. The summed E-state index contributed by atoms with van der Waals surface area (Å²) in [5.74, 6) is 1.19. The lowest BCUT2D eigenvalue weighted by Crippen LogP contribution is -2.06. The SMILES string of the molecule is CCCC(c1ccc(C(CC)c2ccc(C(CCC)c3ccc(N)cc3C)cc2)cc1)c1ccc(N)cc1C. The first-order chi connectivity index (χ1) is 18.9. The lowest BCUT2D eigenvalue weighted by molar-refractivity contribution is 0.692. The third kappa shape index (κ3) is 6.56. The molecule has 0 aliphatic carbocycles. The maximum Gasteiger partial charge on any atom is 0.0316 e. The summed E-state index contributed by atoms with van der Waals surface area (Å²) < 4.78 is 0. The van der Waals surface area contributed by atoms with E-state index >= 15 is 0 Å². The van der Waals surface area contributed by atoms with Crippen molar-refractivity contribution < 1.29 is 0 Å². The van der Waals surface area contributed by atoms with Crippen LogP contribution in [-0.2, 0) is 0 Å². The van der Waals surface area contributed by atoms with Gasteiger partial charge in [-0.1, -0.05) is 94.3 Å². The molecule has 0 saturated carbocycles. The Labute approximate surface area is 236 Å². The Kier molecular flexibility index (Phi) is 9.51. The Bertz CT molecular complexity index is 1250. The predicted molar refractivity (Wildman–Crippen MR) is 170 cm³/mol. The summed E-state index contributed by atoms with van der Waals surface area (Å²) in [4.78, 5) is 0. The monoisotopic (exact) mass is 518 g/mol. The third-order valence-corrected chi connectivity index (χ3v) is 8.38. The Morgan fingerprint density at radius 1 is 0.487 bits per heavy atom. The van der Waals surface area contributed by atoms with Crippen molar-refractivity contribution in [1.82, 2.24) is 0 Å². The smallest absolute Gasteiger partial charge is 0.0316 e. The average Bonchev–Trinajstić information content (AvgIpc) is 2.93. The molecule has 0 aliphatic heterocycles. The molecule has 4 N–H and O–H groups in total. The van der Waals surface area contributed by atoms with Crippen molar-refractivity contribution >= 4 is 11.4 Å². The number of hydrogen-bond acceptors (Lipinski definition) is 2. The van der Waals surface area contributed by atoms with Gasteiger partial charge in [0.05, 0.1) is 0 Å². The van der Waals surface area contributed by atoms with Crippen molar-refractivity contribution in [3.05, 3.63) is 129 Å². The molecular weight excluding hydrogens is 472 g/mol. The maximum absolute atomic E-state index is 6.04. The number of nitrogen functional groups attached to an aromatic ring is 2. The van der Waals surface area contributed by atoms with E-state index in [4.69, 9.17) is 11.5 Å². The van der Waals surface area contributed by atoms with E-state index in [1.807, 2.05) is 12.1 Å². The van der Waals surface area contributed by atoms with Crippen LogP contribution in [0.4, 0.5) is 11.4 Å². The zero-order valence-corrected chi connectivity index (χ0v) is 24.5. The summed E-state index contributed by atoms with van der Waals surface area (Å²) in [6.07, 6.45) is 5.64. The molecule has 0 spiro atoms. The summed E-state index contributed by atoms with van der Waals surface area (Å²) in [7, 11) is 0. The number of nitrogens with two attached hydrogens (primary N) is 2. The van der Waals surface area contributed by atoms with Gasteiger partial charge in [-0.15, -0.1) is 0 Å². The second-order valence-corrected chi connectivity index (χ2v) is 11.2. The van der Waals surface area contributed by atoms with E-state index in [0.717, 1.165) is 43.5 Å². The van der Waals surface area contributed by atoms with Crippen LogP contribution in [0.3, 0.4) is 0 Å². The molecule has 0 aromatic heterocycles. The van der Waals surface area contributed by atoms with E-state index in [2.05, 4.69) is 107 Å². The topological polar surface area (TPSA) is 52.0 Å². The van der Waals surface area contributed by atoms with Gasteiger partial charge in [0.15, 0.2) is 0 Å². The molecule has 0 aliphatic rings. The minimum absolute atomic E-state index is 0.388. The van der Waals surface area contributed by atoms with Gasteiger partial charge in [-0.3, -0.25) is 0 Å². The summed E-state index contributed by atoms with van der Waals surface area (Å²) in [5.41, 5.74) is 24.6. The highest BCUT2D eigenvalue weighted by atomic mass is 14.5. The Hall–Kier alpha value is -3.52. The van der Waals surface area contributed by atoms with Crippen LogP contribution in [-0.4, -0.2) is 0 Å². The van der Waals surface area contributed by atoms with Crippen molar-refractivity contribution in [3.63, 3.8) is 0 Å². The van der Waals surface area contributed by atoms with Crippen LogP contribution in [0.15, 0.2) is 84.9 Å². The number of aryl methyl sites for hydroxylation is 2. The van der Waals surface area contributed by atoms with Crippen LogP contribution in [0.25, 0.3) is 0 Å². The average molecular weight is 519 g/mol. The van der Waals surface area contributed by atoms with Crippen molar-refractivity contribution in [2.24, 2.45) is 0 Å². The van der Waals surface area contributed by atoms with Crippen molar-refractivity contribution in [1.29, 1.82) is 0 Å². The molecule has 4 aromatic carbocycles. The molecule has 204 valence electrons. The minimum Gasteiger partial charge on any atom is -0.399 e. The normalized spacial score (nSPS) is 13.7. The first-order valence-corrected chi connectivity index (χ1v) is 14.8. The first kappa shape index (κ1) is 28.5. The molecule has 0 saturated heterocycles. The molecule has 0 radical (unpaired) electrons. The van der Waals surface area contributed by atoms with E-state index in [9.17, 15) is 0 Å². The van der Waals surface area contributed by atoms with Gasteiger partial charge in [0.25, 0.3) is 0 Å². The van der Waals surface area contributed by atoms with Gasteiger partial charge < -0.3 is 11.5 Å². The molecule has 0 bridgehead atoms. The van der Waals surface area contributed by atoms with Crippen molar-refractivity contribution in [3.8, 4) is 0 Å². The fourth-order valence-corrected chi connectivity index (χ4v) is 6.35. The molecule has 0 heterocycles. The molecule has 0 amide bonds. The lowest BCUT2D eigenvalue weighted by Gasteiger charge is -2.23. The van der Waals surface area contributed by atoms with Crippen LogP contribution in [0, 0.1) is 13.8 Å². The van der Waals surface area contributed by atoms with E-state index < -0.39 is 0 Å². The molecule has 2 atom stereocenters. The number of rotatable bonds is 11. The number of anilines is 2. The van der Waals surface area contributed by atoms with Crippen LogP contribution in [0.5, 0.6) is 0 Å². The van der Waals surface area contributed by atoms with Crippen molar-refractivity contribution in [2.45, 2.75) is 84.5 Å². The standard InChI is InChI=1S/C37H46N2/c1-6-9-36(34-21-19-31(38)23-25(34)4)29-15-11-27(12-16-29)33(8-3)28-13-17-30(18-14-28)37(10-7-2)35-22-20-32(39)24-26(35)5/h11-24,33,36-37H,6-10,38-39H2,1-5H3. The summed E-state index contributed by atoms with van der Waals surface area (Å²) in [6, 6.07) is 31.5. The molecule has 4 rings (SSSR count). The molecular formula is C37H46N2. The van der Waals surface area contributed by atoms with Gasteiger partial charge in [-0.25, -0.2) is 0 Å². The summed E-state index contributed by atoms with van der Waals surface area (Å²) in [6.45, 7) is 11.2. The van der Waals surface area contributed by atoms with Crippen LogP contribution in [0.2, 0.25) is 0 Å². The van der Waals surface area contributed by atoms with E-state index in [1.54, 1.807) is 0 Å². The summed E-state index contributed by atoms with van der Waals surface area (Å²) in [5, 5.41) is 0. The highest BCUT2D eigenvalue weighted by molar-refractivity contribution is 5.49. The zero-order valence-electron chi connectivity index (χ0n) is 24.5. The van der Waals surface area contributed by atoms with Gasteiger partial charge in [-0.2, -0.15) is 0 Å². The van der Waals surface area contributed by atoms with Crippen LogP contribution >= 0.6 is 0 Å². The second-order valence-electron chi connectivity index (χ2n) is 11.2. The highest BCUT2D eigenvalue weighted by Gasteiger charge is 2.19. The van der Waals surface area contributed by atoms with Crippen LogP contribution < -0.4 is 11.5 Å². The fourth-order valence-electron chi connectivity index (χ4n) is 6.35. The lowest BCUT2D eigenvalue weighted by atomic mass is 9.82. The van der Waals surface area contributed by atoms with Gasteiger partial charge in [0.2, 0.25) is 0 Å². The zero-order chi connectivity index (χ0) is 27.9. The van der Waals surface area contributed by atoms with Crippen LogP contribution in [0.1, 0.15) is 115 Å². The predicted octanol–water partition coefficient (Wildman–Crippen LogP) is 9.87. The quantitative estimate of drug-likeness (QED) is 0.194. The Morgan fingerprint density at radius 2 is 0.821 bits per heavy atom. The third-order valence-electron chi connectivity index (χ3n) is 8.38. The van der Waals surface area contributed by atoms with E-state index in [-0.39, 0.29) is 0 Å². The van der Waals surface area contributed by atoms with E-state index in [0.29, 0.717) is 17.8 Å². The Morgan fingerprint density at radius 3 is 1.10 bits per heavy atom. The number of benzene rings is 4. The van der Waals surface area contributed by atoms with Gasteiger partial charge in [0.1, 0.15) is 0 Å². The molecule has 0 fully saturated rings. The molecule has 2 nitrogen and oxygen atoms in total. The number of hydrogen-bond donors (Lipinski definition) is 2. The molecule has 2 heteroatoms.